The fourth-order valence-electron chi connectivity index (χ4n) is 2.09. The molecule has 2 aromatic rings. The van der Waals surface area contributed by atoms with Crippen molar-refractivity contribution in [1.82, 2.24) is 0 Å². The molecule has 0 heterocycles. The molecule has 0 bridgehead atoms. The first-order valence-corrected chi connectivity index (χ1v) is 9.11. The predicted octanol–water partition coefficient (Wildman–Crippen LogP) is 2.81. The van der Waals surface area contributed by atoms with Crippen molar-refractivity contribution in [2.75, 3.05) is 18.7 Å². The van der Waals surface area contributed by atoms with Gasteiger partial charge in [-0.05, 0) is 42.3 Å². The monoisotopic (exact) mass is 351 g/mol. The highest BCUT2D eigenvalue weighted by molar-refractivity contribution is 7.90. The predicted molar refractivity (Wildman–Crippen MR) is 89.5 cm³/mol. The Morgan fingerprint density at radius 2 is 1.83 bits per heavy atom. The van der Waals surface area contributed by atoms with E-state index < -0.39 is 21.6 Å². The van der Waals surface area contributed by atoms with E-state index in [-0.39, 0.29) is 17.0 Å². The van der Waals surface area contributed by atoms with Gasteiger partial charge in [0, 0.05) is 12.7 Å². The number of anilines is 1. The van der Waals surface area contributed by atoms with Crippen LogP contribution < -0.4 is 10.1 Å². The van der Waals surface area contributed by atoms with E-state index in [1.807, 2.05) is 12.1 Å². The van der Waals surface area contributed by atoms with Crippen LogP contribution in [-0.2, 0) is 21.1 Å². The summed E-state index contributed by atoms with van der Waals surface area (Å²) in [4.78, 5) is 11.9. The summed E-state index contributed by atoms with van der Waals surface area (Å²) in [7, 11) is -1.90. The Morgan fingerprint density at radius 3 is 2.42 bits per heavy atom. The molecule has 1 amide bonds. The molecule has 0 radical (unpaired) electrons. The Balaban J connectivity index is 2.01. The van der Waals surface area contributed by atoms with E-state index in [1.54, 1.807) is 19.2 Å². The number of sulfone groups is 1. The molecule has 1 N–H and O–H groups in total. The van der Waals surface area contributed by atoms with Crippen molar-refractivity contribution < 1.29 is 22.3 Å². The third kappa shape index (κ3) is 4.79. The summed E-state index contributed by atoms with van der Waals surface area (Å²) in [5.74, 6) is -0.349. The quantitative estimate of drug-likeness (QED) is 0.812. The van der Waals surface area contributed by atoms with Gasteiger partial charge in [0.2, 0.25) is 5.91 Å². The summed E-state index contributed by atoms with van der Waals surface area (Å²) in [6.07, 6.45) is 1.65. The molecule has 128 valence electrons. The second-order valence-electron chi connectivity index (χ2n) is 5.31. The molecule has 0 atom stereocenters. The highest BCUT2D eigenvalue weighted by Gasteiger charge is 2.13. The largest absolute Gasteiger partial charge is 0.497 e. The lowest BCUT2D eigenvalue weighted by Gasteiger charge is -2.08. The summed E-state index contributed by atoms with van der Waals surface area (Å²) in [5, 5.41) is 2.41. The van der Waals surface area contributed by atoms with Gasteiger partial charge in [-0.1, -0.05) is 12.1 Å². The highest BCUT2D eigenvalue weighted by atomic mass is 32.2. The molecule has 0 saturated carbocycles. The molecule has 0 spiro atoms. The van der Waals surface area contributed by atoms with E-state index in [2.05, 4.69) is 5.32 Å². The molecule has 5 nitrogen and oxygen atoms in total. The van der Waals surface area contributed by atoms with Gasteiger partial charge < -0.3 is 10.1 Å². The number of carbonyl (C=O) groups is 1. The summed E-state index contributed by atoms with van der Waals surface area (Å²) in [6.45, 7) is 0. The number of carbonyl (C=O) groups excluding carboxylic acids is 1. The molecule has 0 fully saturated rings. The van der Waals surface area contributed by atoms with Crippen LogP contribution >= 0.6 is 0 Å². The van der Waals surface area contributed by atoms with Gasteiger partial charge in [-0.25, -0.2) is 12.8 Å². The Hall–Kier alpha value is -2.41. The second-order valence-corrected chi connectivity index (χ2v) is 7.33. The van der Waals surface area contributed by atoms with Crippen LogP contribution in [-0.4, -0.2) is 27.7 Å². The smallest absolute Gasteiger partial charge is 0.224 e. The SMILES string of the molecule is COc1ccc(CCC(=O)Nc2cc(S(C)(=O)=O)ccc2F)cc1. The molecule has 2 rings (SSSR count). The number of rotatable bonds is 6. The molecular formula is C17H18FNO4S. The topological polar surface area (TPSA) is 72.5 Å². The maximum Gasteiger partial charge on any atom is 0.224 e. The summed E-state index contributed by atoms with van der Waals surface area (Å²) in [6, 6.07) is 10.6. The third-order valence-corrected chi connectivity index (χ3v) is 4.55. The second kappa shape index (κ2) is 7.44. The fourth-order valence-corrected chi connectivity index (χ4v) is 2.74. The van der Waals surface area contributed by atoms with Crippen molar-refractivity contribution in [3.63, 3.8) is 0 Å². The molecule has 7 heteroatoms. The standard InChI is InChI=1S/C17H18FNO4S/c1-23-13-6-3-12(4-7-13)5-10-17(20)19-16-11-14(24(2,21)22)8-9-15(16)18/h3-4,6-9,11H,5,10H2,1-2H3,(H,19,20). The third-order valence-electron chi connectivity index (χ3n) is 3.44. The van der Waals surface area contributed by atoms with Gasteiger partial charge in [-0.3, -0.25) is 4.79 Å². The molecule has 0 aromatic heterocycles. The first-order chi connectivity index (χ1) is 11.3. The number of ether oxygens (including phenoxy) is 1. The van der Waals surface area contributed by atoms with Crippen molar-refractivity contribution in [3.8, 4) is 5.75 Å². The lowest BCUT2D eigenvalue weighted by Crippen LogP contribution is -2.14. The Bertz CT molecular complexity index is 832. The normalized spacial score (nSPS) is 11.1. The molecule has 0 saturated heterocycles. The van der Waals surface area contributed by atoms with Crippen molar-refractivity contribution in [1.29, 1.82) is 0 Å². The first kappa shape index (κ1) is 17.9. The highest BCUT2D eigenvalue weighted by Crippen LogP contribution is 2.20. The molecule has 0 aliphatic carbocycles. The minimum atomic E-state index is -3.47. The van der Waals surface area contributed by atoms with Crippen LogP contribution in [0.15, 0.2) is 47.4 Å². The minimum Gasteiger partial charge on any atom is -0.497 e. The van der Waals surface area contributed by atoms with Crippen LogP contribution in [0.5, 0.6) is 5.75 Å². The summed E-state index contributed by atoms with van der Waals surface area (Å²) < 4.78 is 41.8. The lowest BCUT2D eigenvalue weighted by molar-refractivity contribution is -0.116. The van der Waals surface area contributed by atoms with Crippen LogP contribution in [0.4, 0.5) is 10.1 Å². The van der Waals surface area contributed by atoms with Gasteiger partial charge in [0.1, 0.15) is 11.6 Å². The first-order valence-electron chi connectivity index (χ1n) is 7.22. The molecule has 2 aromatic carbocycles. The number of nitrogens with one attached hydrogen (secondary N) is 1. The minimum absolute atomic E-state index is 0.0469. The number of amides is 1. The summed E-state index contributed by atoms with van der Waals surface area (Å²) in [5.41, 5.74) is 0.800. The zero-order valence-corrected chi connectivity index (χ0v) is 14.2. The van der Waals surface area contributed by atoms with E-state index in [0.717, 1.165) is 35.8 Å². The average Bonchev–Trinajstić information content (AvgIpc) is 2.54. The Morgan fingerprint density at radius 1 is 1.17 bits per heavy atom. The number of benzene rings is 2. The van der Waals surface area contributed by atoms with Crippen LogP contribution in [0.25, 0.3) is 0 Å². The number of halogens is 1. The maximum absolute atomic E-state index is 13.7. The van der Waals surface area contributed by atoms with Crippen molar-refractivity contribution in [2.24, 2.45) is 0 Å². The average molecular weight is 351 g/mol. The van der Waals surface area contributed by atoms with Crippen LogP contribution in [0.1, 0.15) is 12.0 Å². The molecule has 24 heavy (non-hydrogen) atoms. The van der Waals surface area contributed by atoms with Gasteiger partial charge in [0.05, 0.1) is 17.7 Å². The van der Waals surface area contributed by atoms with E-state index in [0.29, 0.717) is 6.42 Å². The Labute approximate surface area is 140 Å². The Kier molecular flexibility index (Phi) is 5.56. The van der Waals surface area contributed by atoms with Gasteiger partial charge in [0.25, 0.3) is 0 Å². The molecular weight excluding hydrogens is 333 g/mol. The molecule has 0 aliphatic rings. The van der Waals surface area contributed by atoms with Crippen molar-refractivity contribution in [3.05, 3.63) is 53.8 Å². The van der Waals surface area contributed by atoms with Crippen LogP contribution in [0.2, 0.25) is 0 Å². The molecule has 0 unspecified atom stereocenters. The van der Waals surface area contributed by atoms with Gasteiger partial charge in [0.15, 0.2) is 9.84 Å². The number of hydrogen-bond acceptors (Lipinski definition) is 4. The van der Waals surface area contributed by atoms with E-state index in [9.17, 15) is 17.6 Å². The van der Waals surface area contributed by atoms with E-state index in [4.69, 9.17) is 4.74 Å². The number of methoxy groups -OCH3 is 1. The van der Waals surface area contributed by atoms with E-state index in [1.165, 1.54) is 0 Å². The van der Waals surface area contributed by atoms with Crippen LogP contribution in [0.3, 0.4) is 0 Å². The summed E-state index contributed by atoms with van der Waals surface area (Å²) >= 11 is 0. The zero-order chi connectivity index (χ0) is 17.7. The fraction of sp³-hybridized carbons (Fsp3) is 0.235. The van der Waals surface area contributed by atoms with Crippen molar-refractivity contribution >= 4 is 21.4 Å². The zero-order valence-electron chi connectivity index (χ0n) is 13.4. The molecule has 0 aliphatic heterocycles. The van der Waals surface area contributed by atoms with Crippen molar-refractivity contribution in [2.45, 2.75) is 17.7 Å². The van der Waals surface area contributed by atoms with Gasteiger partial charge >= 0.3 is 0 Å². The lowest BCUT2D eigenvalue weighted by atomic mass is 10.1. The van der Waals surface area contributed by atoms with Gasteiger partial charge in [-0.15, -0.1) is 0 Å². The number of hydrogen-bond donors (Lipinski definition) is 1. The maximum atomic E-state index is 13.7. The van der Waals surface area contributed by atoms with Crippen LogP contribution in [0, 0.1) is 5.82 Å². The van der Waals surface area contributed by atoms with E-state index >= 15 is 0 Å². The van der Waals surface area contributed by atoms with Gasteiger partial charge in [-0.2, -0.15) is 0 Å². The number of aryl methyl sites for hydroxylation is 1.